The molecule has 2 atom stereocenters. The van der Waals surface area contributed by atoms with E-state index in [0.717, 1.165) is 25.9 Å². The maximum absolute atomic E-state index is 12.2. The van der Waals surface area contributed by atoms with Crippen molar-refractivity contribution in [1.29, 1.82) is 0 Å². The highest BCUT2D eigenvalue weighted by molar-refractivity contribution is 5.30. The number of anilines is 1. The molecule has 0 amide bonds. The van der Waals surface area contributed by atoms with E-state index in [9.17, 15) is 4.79 Å². The van der Waals surface area contributed by atoms with E-state index in [1.165, 1.54) is 6.42 Å². The Labute approximate surface area is 114 Å². The van der Waals surface area contributed by atoms with Crippen LogP contribution in [0.5, 0.6) is 0 Å². The van der Waals surface area contributed by atoms with Gasteiger partial charge < -0.3 is 15.6 Å². The zero-order valence-corrected chi connectivity index (χ0v) is 11.8. The Hall–Kier alpha value is -1.36. The van der Waals surface area contributed by atoms with Crippen molar-refractivity contribution in [2.24, 2.45) is 17.6 Å². The number of rotatable bonds is 5. The molecule has 106 valence electrons. The fraction of sp³-hybridized carbons (Fsp3) is 0.714. The van der Waals surface area contributed by atoms with Crippen LogP contribution in [0.15, 0.2) is 17.2 Å². The Morgan fingerprint density at radius 3 is 2.95 bits per heavy atom. The maximum atomic E-state index is 12.2. The van der Waals surface area contributed by atoms with Gasteiger partial charge >= 0.3 is 0 Å². The molecular formula is C14H24N4O. The van der Waals surface area contributed by atoms with E-state index < -0.39 is 0 Å². The second kappa shape index (κ2) is 6.19. The molecule has 0 bridgehead atoms. The number of aromatic nitrogens is 2. The lowest BCUT2D eigenvalue weighted by atomic mass is 10.1. The van der Waals surface area contributed by atoms with Crippen molar-refractivity contribution in [3.8, 4) is 0 Å². The lowest BCUT2D eigenvalue weighted by molar-refractivity contribution is 0.499. The van der Waals surface area contributed by atoms with Crippen LogP contribution < -0.4 is 16.6 Å². The molecule has 3 N–H and O–H groups in total. The van der Waals surface area contributed by atoms with Gasteiger partial charge in [0.1, 0.15) is 0 Å². The fourth-order valence-corrected chi connectivity index (χ4v) is 2.65. The standard InChI is InChI=1S/C14H24N4O/c1-10(2)9-18-7-6-16-13(14(18)19)17-8-11-4-3-5-12(11)15/h6-7,10-12H,3-5,8-9,15H2,1-2H3,(H,16,17). The van der Waals surface area contributed by atoms with Gasteiger partial charge in [0.2, 0.25) is 0 Å². The Kier molecular flexibility index (Phi) is 4.58. The summed E-state index contributed by atoms with van der Waals surface area (Å²) >= 11 is 0. The minimum Gasteiger partial charge on any atom is -0.365 e. The first-order valence-electron chi connectivity index (χ1n) is 7.13. The van der Waals surface area contributed by atoms with Gasteiger partial charge in [-0.05, 0) is 24.7 Å². The summed E-state index contributed by atoms with van der Waals surface area (Å²) < 4.78 is 1.72. The summed E-state index contributed by atoms with van der Waals surface area (Å²) in [5.41, 5.74) is 5.99. The highest BCUT2D eigenvalue weighted by Gasteiger charge is 2.23. The molecule has 19 heavy (non-hydrogen) atoms. The quantitative estimate of drug-likeness (QED) is 0.844. The van der Waals surface area contributed by atoms with Crippen molar-refractivity contribution in [1.82, 2.24) is 9.55 Å². The van der Waals surface area contributed by atoms with Crippen molar-refractivity contribution in [3.63, 3.8) is 0 Å². The molecule has 1 fully saturated rings. The normalized spacial score (nSPS) is 22.9. The van der Waals surface area contributed by atoms with Crippen molar-refractivity contribution in [3.05, 3.63) is 22.7 Å². The summed E-state index contributed by atoms with van der Waals surface area (Å²) in [6.07, 6.45) is 6.84. The van der Waals surface area contributed by atoms with Gasteiger partial charge in [-0.1, -0.05) is 20.3 Å². The predicted octanol–water partition coefficient (Wildman–Crippen LogP) is 1.44. The van der Waals surface area contributed by atoms with Crippen LogP contribution in [0.3, 0.4) is 0 Å². The van der Waals surface area contributed by atoms with Gasteiger partial charge in [0.05, 0.1) is 0 Å². The molecule has 1 aromatic heterocycles. The highest BCUT2D eigenvalue weighted by Crippen LogP contribution is 2.23. The molecule has 2 rings (SSSR count). The molecule has 1 heterocycles. The minimum atomic E-state index is -0.0391. The molecule has 0 aliphatic heterocycles. The zero-order valence-electron chi connectivity index (χ0n) is 11.8. The van der Waals surface area contributed by atoms with E-state index in [1.54, 1.807) is 17.0 Å². The molecule has 0 spiro atoms. The van der Waals surface area contributed by atoms with Gasteiger partial charge in [0.15, 0.2) is 5.82 Å². The first-order valence-corrected chi connectivity index (χ1v) is 7.13. The van der Waals surface area contributed by atoms with Gasteiger partial charge in [-0.3, -0.25) is 4.79 Å². The summed E-state index contributed by atoms with van der Waals surface area (Å²) in [5, 5.41) is 3.17. The zero-order chi connectivity index (χ0) is 13.8. The molecule has 1 saturated carbocycles. The topological polar surface area (TPSA) is 72.9 Å². The molecule has 1 aliphatic rings. The first kappa shape index (κ1) is 14.1. The Bertz CT molecular complexity index is 469. The minimum absolute atomic E-state index is 0.0391. The third kappa shape index (κ3) is 3.56. The average Bonchev–Trinajstić information content (AvgIpc) is 2.76. The molecule has 5 nitrogen and oxygen atoms in total. The van der Waals surface area contributed by atoms with Crippen LogP contribution in [0, 0.1) is 11.8 Å². The summed E-state index contributed by atoms with van der Waals surface area (Å²) in [7, 11) is 0. The monoisotopic (exact) mass is 264 g/mol. The third-order valence-corrected chi connectivity index (χ3v) is 3.73. The molecule has 0 aromatic carbocycles. The summed E-state index contributed by atoms with van der Waals surface area (Å²) in [4.78, 5) is 16.3. The second-order valence-corrected chi connectivity index (χ2v) is 5.86. The summed E-state index contributed by atoms with van der Waals surface area (Å²) in [6, 6.07) is 0.258. The molecular weight excluding hydrogens is 240 g/mol. The van der Waals surface area contributed by atoms with Crippen LogP contribution in [0.25, 0.3) is 0 Å². The number of nitrogens with two attached hydrogens (primary N) is 1. The number of hydrogen-bond donors (Lipinski definition) is 2. The van der Waals surface area contributed by atoms with E-state index in [1.807, 2.05) is 0 Å². The van der Waals surface area contributed by atoms with Crippen molar-refractivity contribution in [2.75, 3.05) is 11.9 Å². The van der Waals surface area contributed by atoms with E-state index in [4.69, 9.17) is 5.73 Å². The molecule has 0 saturated heterocycles. The van der Waals surface area contributed by atoms with Crippen molar-refractivity contribution < 1.29 is 0 Å². The lowest BCUT2D eigenvalue weighted by Crippen LogP contribution is -2.32. The van der Waals surface area contributed by atoms with Crippen LogP contribution >= 0.6 is 0 Å². The molecule has 2 unspecified atom stereocenters. The van der Waals surface area contributed by atoms with E-state index in [0.29, 0.717) is 17.7 Å². The van der Waals surface area contributed by atoms with Gasteiger partial charge in [-0.2, -0.15) is 0 Å². The fourth-order valence-electron chi connectivity index (χ4n) is 2.65. The largest absolute Gasteiger partial charge is 0.365 e. The molecule has 1 aromatic rings. The van der Waals surface area contributed by atoms with Crippen LogP contribution in [-0.4, -0.2) is 22.1 Å². The SMILES string of the molecule is CC(C)Cn1ccnc(NCC2CCCC2N)c1=O. The van der Waals surface area contributed by atoms with Gasteiger partial charge in [0.25, 0.3) is 5.56 Å². The Morgan fingerprint density at radius 1 is 1.53 bits per heavy atom. The van der Waals surface area contributed by atoms with Crippen LogP contribution in [0.1, 0.15) is 33.1 Å². The summed E-state index contributed by atoms with van der Waals surface area (Å²) in [5.74, 6) is 1.35. The maximum Gasteiger partial charge on any atom is 0.293 e. The van der Waals surface area contributed by atoms with Crippen molar-refractivity contribution >= 4 is 5.82 Å². The molecule has 1 aliphatic carbocycles. The Morgan fingerprint density at radius 2 is 2.32 bits per heavy atom. The summed E-state index contributed by atoms with van der Waals surface area (Å²) in [6.45, 7) is 5.66. The highest BCUT2D eigenvalue weighted by atomic mass is 16.1. The predicted molar refractivity (Wildman–Crippen MR) is 77.1 cm³/mol. The molecule has 0 radical (unpaired) electrons. The van der Waals surface area contributed by atoms with Crippen LogP contribution in [0.4, 0.5) is 5.82 Å². The third-order valence-electron chi connectivity index (χ3n) is 3.73. The van der Waals surface area contributed by atoms with Gasteiger partial charge in [-0.15, -0.1) is 0 Å². The van der Waals surface area contributed by atoms with E-state index in [-0.39, 0.29) is 11.6 Å². The number of hydrogen-bond acceptors (Lipinski definition) is 4. The van der Waals surface area contributed by atoms with Crippen LogP contribution in [-0.2, 0) is 6.54 Å². The van der Waals surface area contributed by atoms with E-state index in [2.05, 4.69) is 24.1 Å². The van der Waals surface area contributed by atoms with E-state index >= 15 is 0 Å². The number of nitrogens with zero attached hydrogens (tertiary/aromatic N) is 2. The van der Waals surface area contributed by atoms with Gasteiger partial charge in [-0.25, -0.2) is 4.98 Å². The lowest BCUT2D eigenvalue weighted by Gasteiger charge is -2.16. The average molecular weight is 264 g/mol. The van der Waals surface area contributed by atoms with Crippen molar-refractivity contribution in [2.45, 2.75) is 45.7 Å². The number of nitrogens with one attached hydrogen (secondary N) is 1. The smallest absolute Gasteiger partial charge is 0.293 e. The first-order chi connectivity index (χ1) is 9.08. The van der Waals surface area contributed by atoms with Gasteiger partial charge in [0, 0.05) is 31.5 Å². The molecule has 5 heteroatoms. The second-order valence-electron chi connectivity index (χ2n) is 5.86. The Balaban J connectivity index is 2.02. The van der Waals surface area contributed by atoms with Crippen LogP contribution in [0.2, 0.25) is 0 Å².